The zero-order valence-electron chi connectivity index (χ0n) is 15.7. The van der Waals surface area contributed by atoms with Crippen LogP contribution in [0.1, 0.15) is 17.7 Å². The van der Waals surface area contributed by atoms with Gasteiger partial charge >= 0.3 is 0 Å². The fraction of sp³-hybridized carbons (Fsp3) is 0.611. The zero-order chi connectivity index (χ0) is 18.1. The number of aromatic nitrogens is 4. The molecule has 8 nitrogen and oxygen atoms in total. The number of anilines is 2. The first kappa shape index (κ1) is 17.2. The summed E-state index contributed by atoms with van der Waals surface area (Å²) in [5.41, 5.74) is 2.49. The predicted molar refractivity (Wildman–Crippen MR) is 100 cm³/mol. The van der Waals surface area contributed by atoms with Crippen molar-refractivity contribution in [2.45, 2.75) is 31.5 Å². The van der Waals surface area contributed by atoms with Crippen LogP contribution in [-0.4, -0.2) is 78.1 Å². The van der Waals surface area contributed by atoms with E-state index in [4.69, 9.17) is 4.74 Å². The summed E-state index contributed by atoms with van der Waals surface area (Å²) in [5.74, 6) is 1.96. The summed E-state index contributed by atoms with van der Waals surface area (Å²) in [5, 5.41) is 7.24. The number of likely N-dealkylation sites (N-methyl/N-ethyl adjacent to an activating group) is 1. The number of hydrogen-bond donors (Lipinski definition) is 1. The highest BCUT2D eigenvalue weighted by Gasteiger charge is 2.33. The molecule has 1 fully saturated rings. The van der Waals surface area contributed by atoms with Crippen LogP contribution in [0.5, 0.6) is 0 Å². The molecule has 1 N–H and O–H groups in total. The lowest BCUT2D eigenvalue weighted by atomic mass is 10.1. The molecule has 0 aliphatic carbocycles. The van der Waals surface area contributed by atoms with E-state index in [1.807, 2.05) is 6.20 Å². The molecule has 2 aromatic rings. The van der Waals surface area contributed by atoms with Crippen molar-refractivity contribution in [3.05, 3.63) is 29.8 Å². The van der Waals surface area contributed by atoms with E-state index in [0.717, 1.165) is 50.7 Å². The van der Waals surface area contributed by atoms with E-state index in [0.29, 0.717) is 6.04 Å². The number of fused-ring (bicyclic) bond motifs is 1. The standard InChI is InChI=1S/C18H27N7O/c1-23(2)10-14-6-15(26-3)11-25(14)18-7-17(19-12-20-18)24-5-4-16-13(9-24)8-21-22-16/h7-8,12,14-15H,4-6,9-11H2,1-3H3,(H,21,22)/t14-,15-/m0/s1. The van der Waals surface area contributed by atoms with Crippen molar-refractivity contribution >= 4 is 11.6 Å². The molecular formula is C18H27N7O. The summed E-state index contributed by atoms with van der Waals surface area (Å²) < 4.78 is 5.63. The van der Waals surface area contributed by atoms with Crippen molar-refractivity contribution in [1.82, 2.24) is 25.1 Å². The summed E-state index contributed by atoms with van der Waals surface area (Å²) in [6.07, 6.45) is 5.84. The highest BCUT2D eigenvalue weighted by atomic mass is 16.5. The van der Waals surface area contributed by atoms with Crippen LogP contribution in [0.4, 0.5) is 11.6 Å². The molecule has 2 aliphatic rings. The number of hydrogen-bond acceptors (Lipinski definition) is 7. The number of methoxy groups -OCH3 is 1. The van der Waals surface area contributed by atoms with E-state index in [-0.39, 0.29) is 6.10 Å². The van der Waals surface area contributed by atoms with E-state index in [2.05, 4.69) is 55.0 Å². The number of nitrogens with zero attached hydrogens (tertiary/aromatic N) is 6. The molecule has 8 heteroatoms. The van der Waals surface area contributed by atoms with Crippen LogP contribution in [-0.2, 0) is 17.7 Å². The maximum absolute atomic E-state index is 5.63. The van der Waals surface area contributed by atoms with Gasteiger partial charge in [0.05, 0.1) is 12.3 Å². The Bertz CT molecular complexity index is 747. The lowest BCUT2D eigenvalue weighted by molar-refractivity contribution is 0.117. The molecule has 4 rings (SSSR count). The van der Waals surface area contributed by atoms with Gasteiger partial charge in [0.25, 0.3) is 0 Å². The second-order valence-electron chi connectivity index (χ2n) is 7.44. The molecule has 1 saturated heterocycles. The molecule has 140 valence electrons. The van der Waals surface area contributed by atoms with Crippen LogP contribution >= 0.6 is 0 Å². The van der Waals surface area contributed by atoms with Crippen molar-refractivity contribution in [2.24, 2.45) is 0 Å². The maximum Gasteiger partial charge on any atom is 0.134 e. The van der Waals surface area contributed by atoms with Gasteiger partial charge in [-0.3, -0.25) is 5.10 Å². The maximum atomic E-state index is 5.63. The minimum atomic E-state index is 0.252. The smallest absolute Gasteiger partial charge is 0.134 e. The largest absolute Gasteiger partial charge is 0.380 e. The molecule has 26 heavy (non-hydrogen) atoms. The Labute approximate surface area is 154 Å². The van der Waals surface area contributed by atoms with Gasteiger partial charge in [0.15, 0.2) is 0 Å². The molecule has 0 amide bonds. The van der Waals surface area contributed by atoms with E-state index in [1.54, 1.807) is 13.4 Å². The van der Waals surface area contributed by atoms with E-state index in [9.17, 15) is 0 Å². The molecule has 4 heterocycles. The Balaban J connectivity index is 1.55. The average Bonchev–Trinajstić information content (AvgIpc) is 3.27. The van der Waals surface area contributed by atoms with Gasteiger partial charge in [0, 0.05) is 63.1 Å². The van der Waals surface area contributed by atoms with E-state index >= 15 is 0 Å². The minimum absolute atomic E-state index is 0.252. The van der Waals surface area contributed by atoms with E-state index in [1.165, 1.54) is 11.3 Å². The first-order chi connectivity index (χ1) is 12.6. The minimum Gasteiger partial charge on any atom is -0.380 e. The number of nitrogens with one attached hydrogen (secondary N) is 1. The van der Waals surface area contributed by atoms with Crippen molar-refractivity contribution in [1.29, 1.82) is 0 Å². The highest BCUT2D eigenvalue weighted by molar-refractivity contribution is 5.52. The molecule has 0 bridgehead atoms. The predicted octanol–water partition coefficient (Wildman–Crippen LogP) is 0.918. The first-order valence-corrected chi connectivity index (χ1v) is 9.16. The van der Waals surface area contributed by atoms with Gasteiger partial charge in [-0.25, -0.2) is 9.97 Å². The van der Waals surface area contributed by atoms with Crippen LogP contribution in [0.2, 0.25) is 0 Å². The lowest BCUT2D eigenvalue weighted by Gasteiger charge is -2.30. The fourth-order valence-corrected chi connectivity index (χ4v) is 4.00. The van der Waals surface area contributed by atoms with Crippen molar-refractivity contribution < 1.29 is 4.74 Å². The second kappa shape index (κ2) is 7.20. The van der Waals surface area contributed by atoms with Gasteiger partial charge in [0.2, 0.25) is 0 Å². The summed E-state index contributed by atoms with van der Waals surface area (Å²) >= 11 is 0. The summed E-state index contributed by atoms with van der Waals surface area (Å²) in [6.45, 7) is 3.64. The third kappa shape index (κ3) is 3.39. The lowest BCUT2D eigenvalue weighted by Crippen LogP contribution is -2.38. The highest BCUT2D eigenvalue weighted by Crippen LogP contribution is 2.29. The number of H-pyrrole nitrogens is 1. The van der Waals surface area contributed by atoms with Crippen molar-refractivity contribution in [3.63, 3.8) is 0 Å². The summed E-state index contributed by atoms with van der Waals surface area (Å²) in [7, 11) is 6.02. The summed E-state index contributed by atoms with van der Waals surface area (Å²) in [6, 6.07) is 2.52. The third-order valence-electron chi connectivity index (χ3n) is 5.34. The van der Waals surface area contributed by atoms with Gasteiger partial charge in [-0.2, -0.15) is 5.10 Å². The van der Waals surface area contributed by atoms with Crippen LogP contribution in [0.25, 0.3) is 0 Å². The van der Waals surface area contributed by atoms with Crippen LogP contribution in [0.3, 0.4) is 0 Å². The Kier molecular flexibility index (Phi) is 4.78. The van der Waals surface area contributed by atoms with Gasteiger partial charge in [-0.15, -0.1) is 0 Å². The Hall–Kier alpha value is -2.19. The van der Waals surface area contributed by atoms with Crippen LogP contribution in [0.15, 0.2) is 18.6 Å². The molecule has 2 aromatic heterocycles. The van der Waals surface area contributed by atoms with Crippen molar-refractivity contribution in [2.75, 3.05) is 50.6 Å². The zero-order valence-corrected chi connectivity index (χ0v) is 15.7. The molecule has 0 saturated carbocycles. The molecular weight excluding hydrogens is 330 g/mol. The Morgan fingerprint density at radius 3 is 2.96 bits per heavy atom. The average molecular weight is 357 g/mol. The Morgan fingerprint density at radius 2 is 2.15 bits per heavy atom. The number of aromatic amines is 1. The van der Waals surface area contributed by atoms with Crippen molar-refractivity contribution in [3.8, 4) is 0 Å². The molecule has 0 spiro atoms. The SMILES string of the molecule is CO[C@H]1C[C@@H](CN(C)C)N(c2cc(N3CCc4[nH]ncc4C3)ncn2)C1. The van der Waals surface area contributed by atoms with Crippen LogP contribution < -0.4 is 9.80 Å². The first-order valence-electron chi connectivity index (χ1n) is 9.16. The number of ether oxygens (including phenoxy) is 1. The van der Waals surface area contributed by atoms with Crippen LogP contribution in [0, 0.1) is 0 Å². The molecule has 0 radical (unpaired) electrons. The molecule has 0 aromatic carbocycles. The fourth-order valence-electron chi connectivity index (χ4n) is 4.00. The van der Waals surface area contributed by atoms with Gasteiger partial charge in [-0.05, 0) is 20.5 Å². The molecule has 2 atom stereocenters. The molecule has 2 aliphatic heterocycles. The monoisotopic (exact) mass is 357 g/mol. The normalized spacial score (nSPS) is 22.9. The topological polar surface area (TPSA) is 73.4 Å². The second-order valence-corrected chi connectivity index (χ2v) is 7.44. The van der Waals surface area contributed by atoms with Gasteiger partial charge < -0.3 is 19.4 Å². The quantitative estimate of drug-likeness (QED) is 0.853. The molecule has 0 unspecified atom stereocenters. The van der Waals surface area contributed by atoms with Gasteiger partial charge in [-0.1, -0.05) is 0 Å². The van der Waals surface area contributed by atoms with Gasteiger partial charge in [0.1, 0.15) is 18.0 Å². The summed E-state index contributed by atoms with van der Waals surface area (Å²) in [4.78, 5) is 16.0. The Morgan fingerprint density at radius 1 is 1.31 bits per heavy atom. The number of rotatable bonds is 5. The third-order valence-corrected chi connectivity index (χ3v) is 5.34. The van der Waals surface area contributed by atoms with E-state index < -0.39 is 0 Å².